The van der Waals surface area contributed by atoms with Gasteiger partial charge in [-0.05, 0) is 140 Å². The third-order valence-corrected chi connectivity index (χ3v) is 20.2. The number of rotatable bonds is 7. The van der Waals surface area contributed by atoms with Gasteiger partial charge in [0.05, 0.1) is 56.9 Å². The Hall–Kier alpha value is -13.8. The monoisotopic (exact) mass is 1290 g/mol. The van der Waals surface area contributed by atoms with E-state index < -0.39 is 0 Å². The third-order valence-electron chi connectivity index (χ3n) is 20.2. The van der Waals surface area contributed by atoms with Gasteiger partial charge in [0.2, 0.25) is 0 Å². The molecule has 0 N–H and O–H groups in total. The molecular formula is C91H54N8O2. The van der Waals surface area contributed by atoms with Gasteiger partial charge in [0, 0.05) is 77.3 Å². The first-order valence-corrected chi connectivity index (χ1v) is 33.9. The third kappa shape index (κ3) is 9.02. The maximum atomic E-state index is 6.30. The number of anilines is 3. The summed E-state index contributed by atoms with van der Waals surface area (Å²) in [5.41, 5.74) is 22.5. The smallest absolute Gasteiger partial charge is 0.152 e. The highest BCUT2D eigenvalue weighted by atomic mass is 16.3. The van der Waals surface area contributed by atoms with Gasteiger partial charge in [-0.1, -0.05) is 218 Å². The summed E-state index contributed by atoms with van der Waals surface area (Å²) in [5.74, 6) is 0. The van der Waals surface area contributed by atoms with Crippen LogP contribution in [0.25, 0.3) is 187 Å². The van der Waals surface area contributed by atoms with Gasteiger partial charge < -0.3 is 13.7 Å². The summed E-state index contributed by atoms with van der Waals surface area (Å²) in [6.07, 6.45) is 6.00. The highest BCUT2D eigenvalue weighted by Gasteiger charge is 2.23. The van der Waals surface area contributed by atoms with Crippen molar-refractivity contribution < 1.29 is 8.83 Å². The van der Waals surface area contributed by atoms with E-state index >= 15 is 0 Å². The molecule has 10 heteroatoms. The van der Waals surface area contributed by atoms with Crippen LogP contribution in [0.4, 0.5) is 17.1 Å². The molecule has 0 aliphatic heterocycles. The highest BCUT2D eigenvalue weighted by molar-refractivity contribution is 6.26. The molecule has 0 radical (unpaired) electrons. The van der Waals surface area contributed by atoms with Crippen molar-refractivity contribution in [3.05, 3.63) is 328 Å². The molecule has 8 aromatic heterocycles. The van der Waals surface area contributed by atoms with Crippen LogP contribution in [-0.4, -0.2) is 33.7 Å². The Labute approximate surface area is 576 Å². The van der Waals surface area contributed by atoms with Gasteiger partial charge in [0.15, 0.2) is 11.2 Å². The van der Waals surface area contributed by atoms with Crippen molar-refractivity contribution in [2.45, 2.75) is 0 Å². The zero-order valence-corrected chi connectivity index (χ0v) is 54.1. The number of fused-ring (bicyclic) bond motifs is 25. The van der Waals surface area contributed by atoms with Crippen LogP contribution in [0.2, 0.25) is 0 Å². The molecule has 22 rings (SSSR count). The second-order valence-electron chi connectivity index (χ2n) is 25.9. The van der Waals surface area contributed by atoms with Gasteiger partial charge in [-0.2, -0.15) is 0 Å². The number of nitrogens with zero attached hydrogens (tertiary/aromatic N) is 8. The van der Waals surface area contributed by atoms with E-state index in [9.17, 15) is 0 Å². The Morgan fingerprint density at radius 3 is 1.29 bits per heavy atom. The average Bonchev–Trinajstić information content (AvgIpc) is 1.61. The van der Waals surface area contributed by atoms with Gasteiger partial charge in [0.1, 0.15) is 28.2 Å². The van der Waals surface area contributed by atoms with Crippen molar-refractivity contribution in [2.24, 2.45) is 0 Å². The number of pyridine rings is 3. The molecule has 0 unspecified atom stereocenters. The van der Waals surface area contributed by atoms with Crippen molar-refractivity contribution in [2.75, 3.05) is 4.90 Å². The molecule has 10 nitrogen and oxygen atoms in total. The molecule has 0 bridgehead atoms. The second-order valence-corrected chi connectivity index (χ2v) is 25.9. The molecule has 0 fully saturated rings. The van der Waals surface area contributed by atoms with E-state index in [1.807, 2.05) is 60.8 Å². The molecule has 0 aliphatic carbocycles. The predicted molar refractivity (Wildman–Crippen MR) is 415 cm³/mol. The number of hydrogen-bond donors (Lipinski definition) is 0. The molecule has 14 aromatic carbocycles. The quantitative estimate of drug-likeness (QED) is 0.145. The second kappa shape index (κ2) is 22.4. The van der Waals surface area contributed by atoms with Crippen molar-refractivity contribution >= 4 is 159 Å². The summed E-state index contributed by atoms with van der Waals surface area (Å²) in [5, 5.41) is 15.7. The summed E-state index contributed by atoms with van der Waals surface area (Å²) >= 11 is 0. The SMILES string of the molecule is c1ccc(-c2nc3c(ccc4ccccc43)nc2-c2ccc3c(c2)c2ccccc2c2nc4cc5c(cn4c32)oc2ccccc25)nc1.c1ccc(N(c2ccccc2)c2ccc(-c3ccc(-c4ccc5c(c4)c4ccccc4c4nc6cc7c(cn6c54)oc4ccccc47)cc3)cc2)cc1. The van der Waals surface area contributed by atoms with E-state index in [1.54, 1.807) is 0 Å². The van der Waals surface area contributed by atoms with Gasteiger partial charge in [-0.25, -0.2) is 19.9 Å². The molecule has 0 saturated heterocycles. The summed E-state index contributed by atoms with van der Waals surface area (Å²) in [6.45, 7) is 0. The van der Waals surface area contributed by atoms with Crippen LogP contribution in [0.5, 0.6) is 0 Å². The van der Waals surface area contributed by atoms with Crippen LogP contribution in [0.15, 0.2) is 337 Å². The van der Waals surface area contributed by atoms with Crippen LogP contribution < -0.4 is 4.90 Å². The average molecular weight is 1290 g/mol. The number of para-hydroxylation sites is 4. The zero-order chi connectivity index (χ0) is 66.2. The highest BCUT2D eigenvalue weighted by Crippen LogP contribution is 2.44. The Morgan fingerprint density at radius 1 is 0.267 bits per heavy atom. The molecule has 8 heterocycles. The fourth-order valence-corrected chi connectivity index (χ4v) is 15.5. The topological polar surface area (TPSA) is 103 Å². The fraction of sp³-hybridized carbons (Fsp3) is 0. The minimum absolute atomic E-state index is 0.756. The maximum Gasteiger partial charge on any atom is 0.152 e. The Bertz CT molecular complexity index is 7090. The molecule has 0 amide bonds. The Morgan fingerprint density at radius 2 is 0.723 bits per heavy atom. The zero-order valence-electron chi connectivity index (χ0n) is 54.1. The lowest BCUT2D eigenvalue weighted by Gasteiger charge is -2.25. The Kier molecular flexibility index (Phi) is 12.5. The van der Waals surface area contributed by atoms with Crippen LogP contribution in [0.3, 0.4) is 0 Å². The minimum Gasteiger partial charge on any atom is -0.455 e. The largest absolute Gasteiger partial charge is 0.455 e. The standard InChI is InChI=1S/C49H31N3O.C42H23N5O/c1-3-11-36(12-4-1)52(37-13-5-2-6-14-37)38-26-23-33(24-27-38)32-19-21-34(22-20-32)35-25-28-42-43(29-35)39-15-7-8-17-41(39)48-49(42)51-31-46-44(30-47(51)50-48)40-16-9-10-18-45(40)53-46;1-2-10-26-24(9-1)17-19-34-39(26)46-41(33-14-7-8-20-43-33)38(44-34)25-16-18-30-31(21-25)27-11-3-4-13-29(27)40-42(30)47-23-36-32(22-37(47)45-40)28-12-5-6-15-35(28)48-36/h1-31H;1-23H. The Balaban J connectivity index is 0.000000132. The lowest BCUT2D eigenvalue weighted by Crippen LogP contribution is -2.09. The van der Waals surface area contributed by atoms with Crippen molar-refractivity contribution in [1.29, 1.82) is 0 Å². The molecular weight excluding hydrogens is 1240 g/mol. The number of hydrogen-bond acceptors (Lipinski definition) is 8. The molecule has 0 spiro atoms. The number of imidazole rings is 2. The van der Waals surface area contributed by atoms with E-state index in [1.165, 1.54) is 38.4 Å². The minimum atomic E-state index is 0.756. The van der Waals surface area contributed by atoms with Gasteiger partial charge in [0.25, 0.3) is 0 Å². The fourth-order valence-electron chi connectivity index (χ4n) is 15.5. The predicted octanol–water partition coefficient (Wildman–Crippen LogP) is 24.0. The van der Waals surface area contributed by atoms with Gasteiger partial charge >= 0.3 is 0 Å². The first kappa shape index (κ1) is 56.4. The first-order valence-electron chi connectivity index (χ1n) is 33.9. The lowest BCUT2D eigenvalue weighted by atomic mass is 9.95. The van der Waals surface area contributed by atoms with E-state index in [0.717, 1.165) is 166 Å². The van der Waals surface area contributed by atoms with E-state index in [2.05, 4.69) is 281 Å². The van der Waals surface area contributed by atoms with Crippen molar-refractivity contribution in [3.8, 4) is 44.9 Å². The van der Waals surface area contributed by atoms with Crippen molar-refractivity contribution in [1.82, 2.24) is 33.7 Å². The molecule has 22 aromatic rings. The molecule has 101 heavy (non-hydrogen) atoms. The molecule has 0 atom stereocenters. The van der Waals surface area contributed by atoms with E-state index in [-0.39, 0.29) is 0 Å². The van der Waals surface area contributed by atoms with E-state index in [4.69, 9.17) is 33.8 Å². The summed E-state index contributed by atoms with van der Waals surface area (Å²) < 4.78 is 17.0. The molecule has 0 saturated carbocycles. The molecule has 0 aliphatic rings. The van der Waals surface area contributed by atoms with E-state index in [0.29, 0.717) is 0 Å². The van der Waals surface area contributed by atoms with Crippen LogP contribution >= 0.6 is 0 Å². The number of benzene rings is 14. The summed E-state index contributed by atoms with van der Waals surface area (Å²) in [4.78, 5) is 28.0. The first-order chi connectivity index (χ1) is 50.0. The summed E-state index contributed by atoms with van der Waals surface area (Å²) in [7, 11) is 0. The lowest BCUT2D eigenvalue weighted by molar-refractivity contribution is 0.666. The van der Waals surface area contributed by atoms with Crippen molar-refractivity contribution in [3.63, 3.8) is 0 Å². The number of aromatic nitrogens is 7. The normalized spacial score (nSPS) is 12.0. The van der Waals surface area contributed by atoms with Gasteiger partial charge in [-0.3, -0.25) is 13.8 Å². The number of furan rings is 2. The molecule has 470 valence electrons. The summed E-state index contributed by atoms with van der Waals surface area (Å²) in [6, 6.07) is 108. The van der Waals surface area contributed by atoms with Gasteiger partial charge in [-0.15, -0.1) is 0 Å². The maximum absolute atomic E-state index is 6.30. The van der Waals surface area contributed by atoms with Crippen LogP contribution in [-0.2, 0) is 0 Å². The van der Waals surface area contributed by atoms with Crippen LogP contribution in [0.1, 0.15) is 0 Å². The van der Waals surface area contributed by atoms with Crippen LogP contribution in [0, 0.1) is 0 Å².